The van der Waals surface area contributed by atoms with Crippen LogP contribution in [0.3, 0.4) is 0 Å². The van der Waals surface area contributed by atoms with Crippen LogP contribution >= 0.6 is 0 Å². The molecule has 2 N–H and O–H groups in total. The van der Waals surface area contributed by atoms with Crippen molar-refractivity contribution in [3.8, 4) is 0 Å². The highest BCUT2D eigenvalue weighted by Gasteiger charge is 2.24. The molecular weight excluding hydrogens is 182 g/mol. The summed E-state index contributed by atoms with van der Waals surface area (Å²) in [4.78, 5) is 11.4. The minimum atomic E-state index is -0.446. The topological polar surface area (TPSA) is 67.0 Å². The van der Waals surface area contributed by atoms with Gasteiger partial charge in [-0.2, -0.15) is 5.10 Å². The fourth-order valence-corrected chi connectivity index (χ4v) is 1.48. The Balaban J connectivity index is 3.06. The van der Waals surface area contributed by atoms with Crippen LogP contribution in [0.25, 0.3) is 0 Å². The second-order valence-electron chi connectivity index (χ2n) is 3.09. The van der Waals surface area contributed by atoms with Crippen molar-refractivity contribution < 1.29 is 9.53 Å². The number of carbonyl (C=O) groups excluding carboxylic acids is 1. The summed E-state index contributed by atoms with van der Waals surface area (Å²) in [5.74, 6) is -0.305. The molecule has 0 amide bonds. The molecule has 1 heterocycles. The lowest BCUT2D eigenvalue weighted by atomic mass is 10.1. The van der Waals surface area contributed by atoms with Gasteiger partial charge in [-0.1, -0.05) is 0 Å². The minimum absolute atomic E-state index is 0.305. The summed E-state index contributed by atoms with van der Waals surface area (Å²) in [6, 6.07) is -0.446. The molecule has 0 saturated heterocycles. The fourth-order valence-electron chi connectivity index (χ4n) is 1.48. The van der Waals surface area contributed by atoms with Crippen LogP contribution in [0.1, 0.15) is 23.0 Å². The lowest BCUT2D eigenvalue weighted by Gasteiger charge is -2.13. The second kappa shape index (κ2) is 4.23. The van der Waals surface area contributed by atoms with E-state index in [1.54, 1.807) is 7.05 Å². The van der Waals surface area contributed by atoms with Gasteiger partial charge in [0.25, 0.3) is 0 Å². The predicted octanol–water partition coefficient (Wildman–Crippen LogP) is 0.460. The molecule has 5 nitrogen and oxygen atoms in total. The number of ether oxygens (including phenoxy) is 1. The Hall–Kier alpha value is -1.36. The molecule has 1 atom stereocenters. The third-order valence-corrected chi connectivity index (χ3v) is 2.20. The molecule has 0 saturated carbocycles. The molecule has 14 heavy (non-hydrogen) atoms. The van der Waals surface area contributed by atoms with Crippen LogP contribution in [0.15, 0.2) is 0 Å². The van der Waals surface area contributed by atoms with Gasteiger partial charge in [-0.15, -0.1) is 0 Å². The van der Waals surface area contributed by atoms with E-state index < -0.39 is 6.04 Å². The molecular formula is C9H15N3O2. The highest BCUT2D eigenvalue weighted by Crippen LogP contribution is 2.20. The number of aryl methyl sites for hydroxylation is 2. The molecule has 1 aromatic heterocycles. The van der Waals surface area contributed by atoms with Crippen LogP contribution in [0.4, 0.5) is 0 Å². The van der Waals surface area contributed by atoms with Gasteiger partial charge < -0.3 is 10.1 Å². The van der Waals surface area contributed by atoms with Gasteiger partial charge in [0.15, 0.2) is 0 Å². The lowest BCUT2D eigenvalue weighted by molar-refractivity contribution is -0.143. The molecule has 1 aromatic rings. The van der Waals surface area contributed by atoms with Gasteiger partial charge in [0.2, 0.25) is 0 Å². The Morgan fingerprint density at radius 1 is 1.57 bits per heavy atom. The van der Waals surface area contributed by atoms with Crippen LogP contribution in [0.2, 0.25) is 0 Å². The van der Waals surface area contributed by atoms with E-state index in [4.69, 9.17) is 4.74 Å². The Labute approximate surface area is 82.8 Å². The number of nitrogens with one attached hydrogen (secondary N) is 2. The normalized spacial score (nSPS) is 12.6. The van der Waals surface area contributed by atoms with Gasteiger partial charge in [-0.05, 0) is 20.9 Å². The fraction of sp³-hybridized carbons (Fsp3) is 0.556. The number of hydrogen-bond donors (Lipinski definition) is 2. The number of rotatable bonds is 3. The van der Waals surface area contributed by atoms with Crippen LogP contribution < -0.4 is 5.32 Å². The molecule has 0 aliphatic heterocycles. The number of aromatic amines is 1. The molecule has 0 aromatic carbocycles. The van der Waals surface area contributed by atoms with E-state index in [-0.39, 0.29) is 5.97 Å². The maximum Gasteiger partial charge on any atom is 0.327 e. The maximum absolute atomic E-state index is 11.4. The minimum Gasteiger partial charge on any atom is -0.468 e. The Bertz CT molecular complexity index is 313. The van der Waals surface area contributed by atoms with E-state index in [1.165, 1.54) is 7.11 Å². The van der Waals surface area contributed by atoms with Gasteiger partial charge in [0.1, 0.15) is 6.04 Å². The number of aromatic nitrogens is 2. The lowest BCUT2D eigenvalue weighted by Crippen LogP contribution is -2.27. The standard InChI is InChI=1S/C9H15N3O2/c1-5-7(6(2)12-11-5)8(10-3)9(13)14-4/h8,10H,1-4H3,(H,11,12). The molecule has 1 rings (SSSR count). The first-order valence-electron chi connectivity index (χ1n) is 4.38. The van der Waals surface area contributed by atoms with Crippen molar-refractivity contribution in [2.45, 2.75) is 19.9 Å². The summed E-state index contributed by atoms with van der Waals surface area (Å²) in [6.45, 7) is 3.73. The van der Waals surface area contributed by atoms with E-state index in [0.717, 1.165) is 17.0 Å². The number of nitrogens with zero attached hydrogens (tertiary/aromatic N) is 1. The zero-order chi connectivity index (χ0) is 10.7. The van der Waals surface area contributed by atoms with Crippen molar-refractivity contribution in [1.82, 2.24) is 15.5 Å². The summed E-state index contributed by atoms with van der Waals surface area (Å²) in [5, 5.41) is 9.76. The average Bonchev–Trinajstić information content (AvgIpc) is 2.50. The van der Waals surface area contributed by atoms with E-state index in [1.807, 2.05) is 13.8 Å². The zero-order valence-electron chi connectivity index (χ0n) is 8.84. The van der Waals surface area contributed by atoms with Crippen molar-refractivity contribution in [1.29, 1.82) is 0 Å². The van der Waals surface area contributed by atoms with Gasteiger partial charge >= 0.3 is 5.97 Å². The average molecular weight is 197 g/mol. The van der Waals surface area contributed by atoms with Gasteiger partial charge in [0, 0.05) is 11.3 Å². The Kier molecular flexibility index (Phi) is 3.24. The summed E-state index contributed by atoms with van der Waals surface area (Å²) >= 11 is 0. The monoisotopic (exact) mass is 197 g/mol. The van der Waals surface area contributed by atoms with Crippen molar-refractivity contribution in [3.05, 3.63) is 17.0 Å². The molecule has 0 aliphatic rings. The SMILES string of the molecule is CNC(C(=O)OC)c1c(C)n[nH]c1C. The molecule has 0 radical (unpaired) electrons. The van der Waals surface area contributed by atoms with Crippen LogP contribution in [0.5, 0.6) is 0 Å². The van der Waals surface area contributed by atoms with E-state index >= 15 is 0 Å². The summed E-state index contributed by atoms with van der Waals surface area (Å²) < 4.78 is 4.69. The smallest absolute Gasteiger partial charge is 0.327 e. The molecule has 0 fully saturated rings. The van der Waals surface area contributed by atoms with E-state index in [9.17, 15) is 4.79 Å². The first-order valence-corrected chi connectivity index (χ1v) is 4.38. The summed E-state index contributed by atoms with van der Waals surface area (Å²) in [5.41, 5.74) is 2.55. The van der Waals surface area contributed by atoms with Gasteiger partial charge in [-0.25, -0.2) is 4.79 Å². The molecule has 0 bridgehead atoms. The first kappa shape index (κ1) is 10.7. The van der Waals surface area contributed by atoms with E-state index in [0.29, 0.717) is 0 Å². The number of carbonyl (C=O) groups is 1. The zero-order valence-corrected chi connectivity index (χ0v) is 8.84. The highest BCUT2D eigenvalue weighted by atomic mass is 16.5. The van der Waals surface area contributed by atoms with Crippen molar-refractivity contribution in [2.75, 3.05) is 14.2 Å². The summed E-state index contributed by atoms with van der Waals surface area (Å²) in [6.07, 6.45) is 0. The number of H-pyrrole nitrogens is 1. The van der Waals surface area contributed by atoms with Crippen LogP contribution in [-0.4, -0.2) is 30.3 Å². The van der Waals surface area contributed by atoms with Crippen LogP contribution in [0, 0.1) is 13.8 Å². The first-order chi connectivity index (χ1) is 6.61. The number of esters is 1. The van der Waals surface area contributed by atoms with Crippen LogP contribution in [-0.2, 0) is 9.53 Å². The van der Waals surface area contributed by atoms with E-state index in [2.05, 4.69) is 15.5 Å². The second-order valence-corrected chi connectivity index (χ2v) is 3.09. The van der Waals surface area contributed by atoms with Gasteiger partial charge in [0.05, 0.1) is 12.8 Å². The largest absolute Gasteiger partial charge is 0.468 e. The molecule has 78 valence electrons. The number of methoxy groups -OCH3 is 1. The molecule has 1 unspecified atom stereocenters. The Morgan fingerprint density at radius 2 is 2.21 bits per heavy atom. The maximum atomic E-state index is 11.4. The third kappa shape index (κ3) is 1.77. The Morgan fingerprint density at radius 3 is 2.57 bits per heavy atom. The third-order valence-electron chi connectivity index (χ3n) is 2.20. The quantitative estimate of drug-likeness (QED) is 0.691. The predicted molar refractivity (Wildman–Crippen MR) is 51.9 cm³/mol. The highest BCUT2D eigenvalue weighted by molar-refractivity contribution is 5.78. The number of hydrogen-bond acceptors (Lipinski definition) is 4. The van der Waals surface area contributed by atoms with Gasteiger partial charge in [-0.3, -0.25) is 5.10 Å². The molecule has 0 aliphatic carbocycles. The number of likely N-dealkylation sites (N-methyl/N-ethyl adjacent to an activating group) is 1. The summed E-state index contributed by atoms with van der Waals surface area (Å²) in [7, 11) is 3.09. The molecule has 5 heteroatoms. The van der Waals surface area contributed by atoms with Crippen molar-refractivity contribution in [2.24, 2.45) is 0 Å². The van der Waals surface area contributed by atoms with Crippen molar-refractivity contribution in [3.63, 3.8) is 0 Å². The van der Waals surface area contributed by atoms with Crippen molar-refractivity contribution >= 4 is 5.97 Å². The molecule has 0 spiro atoms.